The average Bonchev–Trinajstić information content (AvgIpc) is 3.10. The summed E-state index contributed by atoms with van der Waals surface area (Å²) >= 11 is 0. The van der Waals surface area contributed by atoms with Gasteiger partial charge in [-0.05, 0) is 48.1 Å². The first-order chi connectivity index (χ1) is 11.6. The molecule has 1 atom stereocenters. The Bertz CT molecular complexity index is 815. The summed E-state index contributed by atoms with van der Waals surface area (Å²) in [6, 6.07) is 15.3. The van der Waals surface area contributed by atoms with Crippen molar-refractivity contribution in [1.29, 1.82) is 0 Å². The van der Waals surface area contributed by atoms with Crippen molar-refractivity contribution in [2.45, 2.75) is 25.8 Å². The highest BCUT2D eigenvalue weighted by molar-refractivity contribution is 5.89. The van der Waals surface area contributed by atoms with Crippen LogP contribution in [-0.4, -0.2) is 28.4 Å². The first-order valence-electron chi connectivity index (χ1n) is 8.26. The van der Waals surface area contributed by atoms with Crippen LogP contribution in [0.25, 0.3) is 0 Å². The van der Waals surface area contributed by atoms with Crippen LogP contribution < -0.4 is 0 Å². The summed E-state index contributed by atoms with van der Waals surface area (Å²) in [6.07, 6.45) is 2.23. The quantitative estimate of drug-likeness (QED) is 0.945. The Morgan fingerprint density at radius 1 is 1.08 bits per heavy atom. The van der Waals surface area contributed by atoms with Crippen LogP contribution in [0.15, 0.2) is 48.5 Å². The second kappa shape index (κ2) is 5.48. The van der Waals surface area contributed by atoms with E-state index in [0.29, 0.717) is 18.5 Å². The van der Waals surface area contributed by atoms with E-state index in [2.05, 4.69) is 0 Å². The molecule has 1 N–H and O–H groups in total. The van der Waals surface area contributed by atoms with E-state index in [4.69, 9.17) is 5.11 Å². The van der Waals surface area contributed by atoms with Gasteiger partial charge in [-0.1, -0.05) is 36.4 Å². The van der Waals surface area contributed by atoms with Crippen molar-refractivity contribution in [1.82, 2.24) is 4.90 Å². The number of aromatic carboxylic acids is 1. The van der Waals surface area contributed by atoms with Gasteiger partial charge in [0.2, 0.25) is 5.91 Å². The normalized spacial score (nSPS) is 22.2. The molecule has 122 valence electrons. The summed E-state index contributed by atoms with van der Waals surface area (Å²) in [4.78, 5) is 26.1. The molecule has 0 aromatic heterocycles. The molecule has 0 bridgehead atoms. The van der Waals surface area contributed by atoms with E-state index >= 15 is 0 Å². The zero-order chi connectivity index (χ0) is 16.7. The summed E-state index contributed by atoms with van der Waals surface area (Å²) in [7, 11) is 0. The van der Waals surface area contributed by atoms with E-state index in [9.17, 15) is 9.59 Å². The van der Waals surface area contributed by atoms with Gasteiger partial charge in [-0.15, -0.1) is 0 Å². The minimum atomic E-state index is -0.915. The molecule has 24 heavy (non-hydrogen) atoms. The third-order valence-corrected chi connectivity index (χ3v) is 5.33. The van der Waals surface area contributed by atoms with E-state index in [1.165, 1.54) is 0 Å². The highest BCUT2D eigenvalue weighted by Crippen LogP contribution is 2.45. The molecule has 0 saturated carbocycles. The van der Waals surface area contributed by atoms with Gasteiger partial charge in [0, 0.05) is 13.1 Å². The van der Waals surface area contributed by atoms with Crippen LogP contribution in [0.1, 0.15) is 33.5 Å². The number of rotatable bonds is 3. The lowest BCUT2D eigenvalue weighted by Crippen LogP contribution is -2.34. The Hall–Kier alpha value is -2.62. The minimum Gasteiger partial charge on any atom is -0.478 e. The summed E-state index contributed by atoms with van der Waals surface area (Å²) < 4.78 is 0. The van der Waals surface area contributed by atoms with Crippen molar-refractivity contribution in [3.8, 4) is 0 Å². The number of nitrogens with zero attached hydrogens (tertiary/aromatic N) is 1. The van der Waals surface area contributed by atoms with E-state index in [0.717, 1.165) is 36.1 Å². The number of hydrogen-bond acceptors (Lipinski definition) is 2. The van der Waals surface area contributed by atoms with Crippen LogP contribution in [0, 0.1) is 5.41 Å². The predicted octanol–water partition coefficient (Wildman–Crippen LogP) is 2.90. The SMILES string of the molecule is O=C(O)c1ccc2c(c1)C[C@@]1(CCN(Cc3ccccc3)C1=O)C2. The van der Waals surface area contributed by atoms with Gasteiger partial charge in [-0.2, -0.15) is 0 Å². The van der Waals surface area contributed by atoms with Crippen LogP contribution in [0.5, 0.6) is 0 Å². The second-order valence-corrected chi connectivity index (χ2v) is 6.88. The molecule has 1 amide bonds. The Labute approximate surface area is 140 Å². The van der Waals surface area contributed by atoms with Crippen LogP contribution in [0.2, 0.25) is 0 Å². The van der Waals surface area contributed by atoms with Gasteiger partial charge in [0.15, 0.2) is 0 Å². The van der Waals surface area contributed by atoms with Gasteiger partial charge >= 0.3 is 5.97 Å². The zero-order valence-electron chi connectivity index (χ0n) is 13.4. The number of fused-ring (bicyclic) bond motifs is 1. The van der Waals surface area contributed by atoms with E-state index in [1.54, 1.807) is 12.1 Å². The monoisotopic (exact) mass is 321 g/mol. The molecule has 1 spiro atoms. The molecule has 0 unspecified atom stereocenters. The Morgan fingerprint density at radius 3 is 2.58 bits per heavy atom. The Morgan fingerprint density at radius 2 is 1.83 bits per heavy atom. The maximum absolute atomic E-state index is 13.0. The first-order valence-corrected chi connectivity index (χ1v) is 8.26. The molecular formula is C20H19NO3. The van der Waals surface area contributed by atoms with Gasteiger partial charge in [-0.3, -0.25) is 4.79 Å². The van der Waals surface area contributed by atoms with E-state index < -0.39 is 5.97 Å². The molecular weight excluding hydrogens is 302 g/mol. The third kappa shape index (κ3) is 2.39. The maximum atomic E-state index is 13.0. The minimum absolute atomic E-state index is 0.208. The second-order valence-electron chi connectivity index (χ2n) is 6.88. The summed E-state index contributed by atoms with van der Waals surface area (Å²) in [6.45, 7) is 1.42. The average molecular weight is 321 g/mol. The van der Waals surface area contributed by atoms with Crippen LogP contribution in [0.3, 0.4) is 0 Å². The summed E-state index contributed by atoms with van der Waals surface area (Å²) in [5, 5.41) is 9.16. The lowest BCUT2D eigenvalue weighted by atomic mass is 9.83. The fourth-order valence-corrected chi connectivity index (χ4v) is 4.06. The smallest absolute Gasteiger partial charge is 0.335 e. The fourth-order valence-electron chi connectivity index (χ4n) is 4.06. The molecule has 2 aromatic carbocycles. The van der Waals surface area contributed by atoms with Gasteiger partial charge in [0.05, 0.1) is 11.0 Å². The largest absolute Gasteiger partial charge is 0.478 e. The number of carbonyl (C=O) groups excluding carboxylic acids is 1. The van der Waals surface area contributed by atoms with E-state index in [1.807, 2.05) is 41.3 Å². The molecule has 0 radical (unpaired) electrons. The molecule has 2 aromatic rings. The van der Waals surface area contributed by atoms with Crippen molar-refractivity contribution in [2.24, 2.45) is 5.41 Å². The zero-order valence-corrected chi connectivity index (χ0v) is 13.4. The summed E-state index contributed by atoms with van der Waals surface area (Å²) in [5.41, 5.74) is 3.22. The number of carbonyl (C=O) groups is 2. The van der Waals surface area contributed by atoms with Crippen LogP contribution in [0.4, 0.5) is 0 Å². The molecule has 1 saturated heterocycles. The molecule has 4 nitrogen and oxygen atoms in total. The molecule has 1 fully saturated rings. The number of likely N-dealkylation sites (tertiary alicyclic amines) is 1. The van der Waals surface area contributed by atoms with Crippen molar-refractivity contribution < 1.29 is 14.7 Å². The molecule has 1 heterocycles. The van der Waals surface area contributed by atoms with Crippen LogP contribution >= 0.6 is 0 Å². The number of amides is 1. The maximum Gasteiger partial charge on any atom is 0.335 e. The van der Waals surface area contributed by atoms with Crippen molar-refractivity contribution in [3.05, 3.63) is 70.8 Å². The van der Waals surface area contributed by atoms with Crippen molar-refractivity contribution >= 4 is 11.9 Å². The number of benzene rings is 2. The molecule has 1 aliphatic carbocycles. The van der Waals surface area contributed by atoms with Crippen molar-refractivity contribution in [3.63, 3.8) is 0 Å². The fraction of sp³-hybridized carbons (Fsp3) is 0.300. The standard InChI is InChI=1S/C20H19NO3/c22-18(23)15-6-7-16-11-20(12-17(16)10-15)8-9-21(19(20)24)13-14-4-2-1-3-5-14/h1-7,10H,8-9,11-13H2,(H,22,23)/t20-/m1/s1. The van der Waals surface area contributed by atoms with Crippen LogP contribution in [-0.2, 0) is 24.2 Å². The number of carboxylic acid groups (broad SMARTS) is 1. The number of carboxylic acids is 1. The van der Waals surface area contributed by atoms with Gasteiger partial charge in [0.1, 0.15) is 0 Å². The summed E-state index contributed by atoms with van der Waals surface area (Å²) in [5.74, 6) is -0.707. The molecule has 4 rings (SSSR count). The molecule has 2 aliphatic rings. The number of hydrogen-bond donors (Lipinski definition) is 1. The molecule has 4 heteroatoms. The van der Waals surface area contributed by atoms with Gasteiger partial charge in [0.25, 0.3) is 0 Å². The third-order valence-electron chi connectivity index (χ3n) is 5.33. The predicted molar refractivity (Wildman–Crippen MR) is 89.7 cm³/mol. The lowest BCUT2D eigenvalue weighted by molar-refractivity contribution is -0.136. The highest BCUT2D eigenvalue weighted by Gasteiger charge is 2.49. The first kappa shape index (κ1) is 14.9. The lowest BCUT2D eigenvalue weighted by Gasteiger charge is -2.22. The van der Waals surface area contributed by atoms with Gasteiger partial charge < -0.3 is 10.0 Å². The Kier molecular flexibility index (Phi) is 3.41. The molecule has 1 aliphatic heterocycles. The highest BCUT2D eigenvalue weighted by atomic mass is 16.4. The van der Waals surface area contributed by atoms with Crippen molar-refractivity contribution in [2.75, 3.05) is 6.54 Å². The van der Waals surface area contributed by atoms with E-state index in [-0.39, 0.29) is 11.3 Å². The van der Waals surface area contributed by atoms with Gasteiger partial charge in [-0.25, -0.2) is 4.79 Å². The Balaban J connectivity index is 1.55. The topological polar surface area (TPSA) is 57.6 Å².